The SMILES string of the molecule is CCOP(=O)(OCC)C1=C(c2ccccc2)OC(N)=C(C#N)[C@@H]1c1cccc([N+](=O)[O-])c1. The van der Waals surface area contributed by atoms with Crippen LogP contribution in [0.5, 0.6) is 0 Å². The molecule has 1 heterocycles. The molecule has 166 valence electrons. The average Bonchev–Trinajstić information content (AvgIpc) is 2.79. The standard InChI is InChI=1S/C22H22N3O6P/c1-3-29-32(28,30-4-2)21-19(16-11-8-12-17(13-16)25(26)27)18(14-23)22(24)31-20(21)15-9-6-5-7-10-15/h5-13,19H,3-4,24H2,1-2H3/t19-/m0/s1. The van der Waals surface area contributed by atoms with E-state index in [0.717, 1.165) is 0 Å². The van der Waals surface area contributed by atoms with E-state index in [9.17, 15) is 19.9 Å². The Bertz CT molecular complexity index is 1160. The van der Waals surface area contributed by atoms with Crippen LogP contribution in [-0.2, 0) is 18.3 Å². The fourth-order valence-electron chi connectivity index (χ4n) is 3.48. The van der Waals surface area contributed by atoms with Crippen LogP contribution in [-0.4, -0.2) is 18.1 Å². The molecular weight excluding hydrogens is 433 g/mol. The number of nitrogens with zero attached hydrogens (tertiary/aromatic N) is 2. The molecule has 10 heteroatoms. The highest BCUT2D eigenvalue weighted by Gasteiger charge is 2.45. The molecule has 2 aromatic rings. The van der Waals surface area contributed by atoms with Gasteiger partial charge in [-0.1, -0.05) is 42.5 Å². The van der Waals surface area contributed by atoms with Crippen molar-refractivity contribution < 1.29 is 23.3 Å². The predicted octanol–water partition coefficient (Wildman–Crippen LogP) is 5.04. The Labute approximate surface area is 185 Å². The van der Waals surface area contributed by atoms with Crippen LogP contribution in [0.4, 0.5) is 5.69 Å². The van der Waals surface area contributed by atoms with Gasteiger partial charge in [-0.25, -0.2) is 0 Å². The molecule has 32 heavy (non-hydrogen) atoms. The maximum atomic E-state index is 14.0. The topological polar surface area (TPSA) is 138 Å². The number of nitro groups is 1. The van der Waals surface area contributed by atoms with Gasteiger partial charge < -0.3 is 19.5 Å². The summed E-state index contributed by atoms with van der Waals surface area (Å²) in [6, 6.07) is 16.5. The predicted molar refractivity (Wildman–Crippen MR) is 118 cm³/mol. The van der Waals surface area contributed by atoms with Crippen molar-refractivity contribution in [2.45, 2.75) is 19.8 Å². The number of nitrogens with two attached hydrogens (primary N) is 1. The van der Waals surface area contributed by atoms with Gasteiger partial charge in [-0.15, -0.1) is 0 Å². The molecule has 0 aliphatic carbocycles. The third kappa shape index (κ3) is 4.43. The molecule has 1 aliphatic rings. The van der Waals surface area contributed by atoms with Crippen LogP contribution < -0.4 is 5.73 Å². The molecule has 0 saturated heterocycles. The second kappa shape index (κ2) is 9.79. The van der Waals surface area contributed by atoms with Gasteiger partial charge in [0.05, 0.1) is 29.4 Å². The quantitative estimate of drug-likeness (QED) is 0.332. The lowest BCUT2D eigenvalue weighted by molar-refractivity contribution is -0.384. The lowest BCUT2D eigenvalue weighted by Gasteiger charge is -2.32. The lowest BCUT2D eigenvalue weighted by atomic mass is 9.88. The molecular formula is C22H22N3O6P. The monoisotopic (exact) mass is 455 g/mol. The van der Waals surface area contributed by atoms with Crippen LogP contribution in [0.2, 0.25) is 0 Å². The van der Waals surface area contributed by atoms with Crippen molar-refractivity contribution in [1.82, 2.24) is 0 Å². The van der Waals surface area contributed by atoms with Gasteiger partial charge in [0.15, 0.2) is 0 Å². The molecule has 0 amide bonds. The molecule has 9 nitrogen and oxygen atoms in total. The Morgan fingerprint density at radius 3 is 2.38 bits per heavy atom. The van der Waals surface area contributed by atoms with Gasteiger partial charge >= 0.3 is 7.60 Å². The molecule has 1 aliphatic heterocycles. The zero-order valence-corrected chi connectivity index (χ0v) is 18.5. The largest absolute Gasteiger partial charge is 0.439 e. The minimum atomic E-state index is -4.01. The Morgan fingerprint density at radius 1 is 1.16 bits per heavy atom. The Kier molecular flexibility index (Phi) is 7.11. The minimum Gasteiger partial charge on any atom is -0.439 e. The summed E-state index contributed by atoms with van der Waals surface area (Å²) < 4.78 is 31.1. The number of hydrogen-bond acceptors (Lipinski definition) is 8. The van der Waals surface area contributed by atoms with Gasteiger partial charge in [-0.05, 0) is 19.4 Å². The van der Waals surface area contributed by atoms with Crippen molar-refractivity contribution in [3.05, 3.63) is 92.6 Å². The first-order chi connectivity index (χ1) is 15.4. The smallest absolute Gasteiger partial charge is 0.362 e. The van der Waals surface area contributed by atoms with E-state index >= 15 is 0 Å². The van der Waals surface area contributed by atoms with Crippen molar-refractivity contribution in [2.75, 3.05) is 13.2 Å². The van der Waals surface area contributed by atoms with E-state index in [-0.39, 0.29) is 41.4 Å². The second-order valence-electron chi connectivity index (χ2n) is 6.69. The summed E-state index contributed by atoms with van der Waals surface area (Å²) in [6.07, 6.45) is 0. The number of benzene rings is 2. The van der Waals surface area contributed by atoms with E-state index in [4.69, 9.17) is 19.5 Å². The molecule has 0 bridgehead atoms. The average molecular weight is 455 g/mol. The van der Waals surface area contributed by atoms with Crippen LogP contribution >= 0.6 is 7.60 Å². The number of nitriles is 1. The molecule has 3 rings (SSSR count). The van der Waals surface area contributed by atoms with Gasteiger partial charge in [-0.2, -0.15) is 5.26 Å². The van der Waals surface area contributed by atoms with Crippen LogP contribution in [0.3, 0.4) is 0 Å². The molecule has 0 saturated carbocycles. The summed E-state index contributed by atoms with van der Waals surface area (Å²) in [5, 5.41) is 21.3. The number of ether oxygens (including phenoxy) is 1. The van der Waals surface area contributed by atoms with Gasteiger partial charge in [-0.3, -0.25) is 14.7 Å². The molecule has 2 aromatic carbocycles. The zero-order valence-electron chi connectivity index (χ0n) is 17.6. The fourth-order valence-corrected chi connectivity index (χ4v) is 5.53. The maximum Gasteiger partial charge on any atom is 0.362 e. The Hall–Kier alpha value is -3.44. The lowest BCUT2D eigenvalue weighted by Crippen LogP contribution is -2.22. The van der Waals surface area contributed by atoms with Crippen molar-refractivity contribution in [3.63, 3.8) is 0 Å². The van der Waals surface area contributed by atoms with Crippen LogP contribution in [0.1, 0.15) is 30.9 Å². The summed E-state index contributed by atoms with van der Waals surface area (Å²) in [5.41, 5.74) is 6.74. The second-order valence-corrected chi connectivity index (χ2v) is 8.68. The van der Waals surface area contributed by atoms with Gasteiger partial charge in [0.1, 0.15) is 17.4 Å². The summed E-state index contributed by atoms with van der Waals surface area (Å²) in [6.45, 7) is 3.45. The van der Waals surface area contributed by atoms with Crippen molar-refractivity contribution in [1.29, 1.82) is 5.26 Å². The molecule has 0 spiro atoms. The molecule has 0 unspecified atom stereocenters. The Morgan fingerprint density at radius 2 is 1.81 bits per heavy atom. The normalized spacial score (nSPS) is 16.5. The zero-order chi connectivity index (χ0) is 23.3. The summed E-state index contributed by atoms with van der Waals surface area (Å²) in [5.74, 6) is -1.09. The highest BCUT2D eigenvalue weighted by Crippen LogP contribution is 2.65. The van der Waals surface area contributed by atoms with E-state index in [2.05, 4.69) is 0 Å². The molecule has 0 radical (unpaired) electrons. The first kappa shape index (κ1) is 23.2. The van der Waals surface area contributed by atoms with E-state index in [1.807, 2.05) is 6.07 Å². The van der Waals surface area contributed by atoms with E-state index in [0.29, 0.717) is 11.1 Å². The van der Waals surface area contributed by atoms with Crippen LogP contribution in [0.15, 0.2) is 71.4 Å². The van der Waals surface area contributed by atoms with Crippen LogP contribution in [0.25, 0.3) is 5.76 Å². The van der Waals surface area contributed by atoms with Gasteiger partial charge in [0.2, 0.25) is 5.88 Å². The minimum absolute atomic E-state index is 0.0418. The molecule has 1 atom stereocenters. The van der Waals surface area contributed by atoms with Crippen molar-refractivity contribution in [2.24, 2.45) is 5.73 Å². The summed E-state index contributed by atoms with van der Waals surface area (Å²) in [7, 11) is -4.01. The molecule has 2 N–H and O–H groups in total. The third-order valence-corrected chi connectivity index (χ3v) is 6.98. The first-order valence-electron chi connectivity index (χ1n) is 9.87. The first-order valence-corrected chi connectivity index (χ1v) is 11.4. The highest BCUT2D eigenvalue weighted by molar-refractivity contribution is 7.58. The number of rotatable bonds is 8. The Balaban J connectivity index is 2.39. The molecule has 0 aromatic heterocycles. The van der Waals surface area contributed by atoms with E-state index in [1.165, 1.54) is 18.2 Å². The number of hydrogen-bond donors (Lipinski definition) is 1. The van der Waals surface area contributed by atoms with Crippen LogP contribution in [0, 0.1) is 21.4 Å². The maximum absolute atomic E-state index is 14.0. The number of nitro benzene ring substituents is 1. The number of allylic oxidation sites excluding steroid dienone is 2. The molecule has 0 fully saturated rings. The third-order valence-electron chi connectivity index (χ3n) is 4.74. The summed E-state index contributed by atoms with van der Waals surface area (Å²) in [4.78, 5) is 10.8. The van der Waals surface area contributed by atoms with Gasteiger partial charge in [0.25, 0.3) is 5.69 Å². The van der Waals surface area contributed by atoms with E-state index < -0.39 is 18.4 Å². The van der Waals surface area contributed by atoms with Crippen molar-refractivity contribution in [3.8, 4) is 6.07 Å². The van der Waals surface area contributed by atoms with Crippen molar-refractivity contribution >= 4 is 19.0 Å². The fraction of sp³-hybridized carbons (Fsp3) is 0.227. The van der Waals surface area contributed by atoms with E-state index in [1.54, 1.807) is 50.2 Å². The summed E-state index contributed by atoms with van der Waals surface area (Å²) >= 11 is 0. The number of non-ortho nitro benzene ring substituents is 1. The van der Waals surface area contributed by atoms with Gasteiger partial charge in [0, 0.05) is 17.7 Å². The highest BCUT2D eigenvalue weighted by atomic mass is 31.2.